The van der Waals surface area contributed by atoms with E-state index in [0.717, 1.165) is 16.9 Å². The van der Waals surface area contributed by atoms with Crippen molar-refractivity contribution in [2.75, 3.05) is 6.61 Å². The van der Waals surface area contributed by atoms with Gasteiger partial charge in [-0.1, -0.05) is 13.8 Å². The van der Waals surface area contributed by atoms with Crippen LogP contribution in [0, 0.1) is 18.7 Å². The van der Waals surface area contributed by atoms with E-state index >= 15 is 0 Å². The van der Waals surface area contributed by atoms with Crippen LogP contribution in [0.4, 0.5) is 4.39 Å². The molecule has 0 spiro atoms. The maximum absolute atomic E-state index is 13.0. The number of benzene rings is 1. The summed E-state index contributed by atoms with van der Waals surface area (Å²) >= 11 is 1.16. The summed E-state index contributed by atoms with van der Waals surface area (Å²) in [6, 6.07) is 5.88. The molecule has 0 saturated carbocycles. The Kier molecular flexibility index (Phi) is 6.25. The van der Waals surface area contributed by atoms with Gasteiger partial charge in [0.2, 0.25) is 0 Å². The van der Waals surface area contributed by atoms with Gasteiger partial charge in [0.25, 0.3) is 5.91 Å². The summed E-state index contributed by atoms with van der Waals surface area (Å²) in [5, 5.41) is 3.37. The van der Waals surface area contributed by atoms with E-state index in [2.05, 4.69) is 10.3 Å². The SMILES string of the molecule is Cc1nc(-c2ccc(F)cc2)sc1C(=O)OCC(=O)NC(C)C(C)C. The smallest absolute Gasteiger partial charge is 0.350 e. The van der Waals surface area contributed by atoms with E-state index in [9.17, 15) is 14.0 Å². The number of esters is 1. The molecule has 2 aromatic rings. The second kappa shape index (κ2) is 8.20. The molecule has 1 amide bonds. The topological polar surface area (TPSA) is 68.3 Å². The van der Waals surface area contributed by atoms with Crippen LogP contribution >= 0.6 is 11.3 Å². The molecular weight excluding hydrogens is 343 g/mol. The number of aryl methyl sites for hydroxylation is 1. The molecule has 0 fully saturated rings. The summed E-state index contributed by atoms with van der Waals surface area (Å²) in [6.45, 7) is 7.25. The minimum Gasteiger partial charge on any atom is -0.451 e. The van der Waals surface area contributed by atoms with E-state index in [1.807, 2.05) is 20.8 Å². The fourth-order valence-corrected chi connectivity index (χ4v) is 2.93. The zero-order valence-corrected chi connectivity index (χ0v) is 15.4. The van der Waals surface area contributed by atoms with Gasteiger partial charge in [0.05, 0.1) is 5.69 Å². The maximum Gasteiger partial charge on any atom is 0.350 e. The molecule has 0 saturated heterocycles. The van der Waals surface area contributed by atoms with E-state index in [1.165, 1.54) is 12.1 Å². The molecule has 0 aliphatic rings. The van der Waals surface area contributed by atoms with Gasteiger partial charge >= 0.3 is 5.97 Å². The summed E-state index contributed by atoms with van der Waals surface area (Å²) in [5.74, 6) is -0.967. The fraction of sp³-hybridized carbons (Fsp3) is 0.389. The maximum atomic E-state index is 13.0. The molecular formula is C18H21FN2O3S. The van der Waals surface area contributed by atoms with Crippen LogP contribution in [0.3, 0.4) is 0 Å². The third kappa shape index (κ3) is 5.09. The van der Waals surface area contributed by atoms with Crippen LogP contribution in [0.5, 0.6) is 0 Å². The Balaban J connectivity index is 2.00. The van der Waals surface area contributed by atoms with Crippen molar-refractivity contribution in [2.24, 2.45) is 5.92 Å². The lowest BCUT2D eigenvalue weighted by Crippen LogP contribution is -2.38. The standard InChI is InChI=1S/C18H21FN2O3S/c1-10(2)11(3)20-15(22)9-24-18(23)16-12(4)21-17(25-16)13-5-7-14(19)8-6-13/h5-8,10-11H,9H2,1-4H3,(H,20,22). The monoisotopic (exact) mass is 364 g/mol. The first-order chi connectivity index (χ1) is 11.8. The number of carbonyl (C=O) groups excluding carboxylic acids is 2. The highest BCUT2D eigenvalue weighted by Gasteiger charge is 2.19. The molecule has 0 aliphatic heterocycles. The highest BCUT2D eigenvalue weighted by molar-refractivity contribution is 7.17. The number of rotatable bonds is 6. The first-order valence-corrected chi connectivity index (χ1v) is 8.79. The molecule has 0 bridgehead atoms. The summed E-state index contributed by atoms with van der Waals surface area (Å²) in [4.78, 5) is 28.7. The molecule has 1 N–H and O–H groups in total. The van der Waals surface area contributed by atoms with Crippen LogP contribution in [-0.2, 0) is 9.53 Å². The normalized spacial score (nSPS) is 12.1. The Bertz CT molecular complexity index is 756. The Morgan fingerprint density at radius 2 is 1.88 bits per heavy atom. The van der Waals surface area contributed by atoms with Gasteiger partial charge in [-0.05, 0) is 44.0 Å². The highest BCUT2D eigenvalue weighted by Crippen LogP contribution is 2.28. The average molecular weight is 364 g/mol. The number of nitrogens with one attached hydrogen (secondary N) is 1. The Morgan fingerprint density at radius 3 is 2.48 bits per heavy atom. The quantitative estimate of drug-likeness (QED) is 0.796. The summed E-state index contributed by atoms with van der Waals surface area (Å²) in [6.07, 6.45) is 0. The van der Waals surface area contributed by atoms with E-state index in [-0.39, 0.29) is 24.4 Å². The lowest BCUT2D eigenvalue weighted by molar-refractivity contribution is -0.125. The number of halogens is 1. The van der Waals surface area contributed by atoms with E-state index in [1.54, 1.807) is 19.1 Å². The van der Waals surface area contributed by atoms with Crippen molar-refractivity contribution in [1.82, 2.24) is 10.3 Å². The molecule has 2 rings (SSSR count). The third-order valence-electron chi connectivity index (χ3n) is 3.80. The lowest BCUT2D eigenvalue weighted by atomic mass is 10.1. The number of hydrogen-bond acceptors (Lipinski definition) is 5. The number of aromatic nitrogens is 1. The van der Waals surface area contributed by atoms with Crippen molar-refractivity contribution < 1.29 is 18.7 Å². The number of carbonyl (C=O) groups is 2. The van der Waals surface area contributed by atoms with Crippen molar-refractivity contribution >= 4 is 23.2 Å². The van der Waals surface area contributed by atoms with Gasteiger partial charge in [0, 0.05) is 11.6 Å². The molecule has 1 unspecified atom stereocenters. The molecule has 1 heterocycles. The van der Waals surface area contributed by atoms with Gasteiger partial charge in [-0.2, -0.15) is 0 Å². The van der Waals surface area contributed by atoms with Gasteiger partial charge < -0.3 is 10.1 Å². The minimum absolute atomic E-state index is 0.00132. The molecule has 25 heavy (non-hydrogen) atoms. The van der Waals surface area contributed by atoms with Gasteiger partial charge in [-0.25, -0.2) is 14.2 Å². The lowest BCUT2D eigenvalue weighted by Gasteiger charge is -2.17. The number of thiazole rings is 1. The zero-order valence-electron chi connectivity index (χ0n) is 14.6. The molecule has 0 radical (unpaired) electrons. The van der Waals surface area contributed by atoms with Gasteiger partial charge in [0.1, 0.15) is 15.7 Å². The van der Waals surface area contributed by atoms with Crippen molar-refractivity contribution in [3.05, 3.63) is 40.7 Å². The molecule has 5 nitrogen and oxygen atoms in total. The number of ether oxygens (including phenoxy) is 1. The van der Waals surface area contributed by atoms with Crippen LogP contribution in [0.1, 0.15) is 36.1 Å². The summed E-state index contributed by atoms with van der Waals surface area (Å²) in [7, 11) is 0. The average Bonchev–Trinajstić information content (AvgIpc) is 2.95. The van der Waals surface area contributed by atoms with Crippen LogP contribution in [0.25, 0.3) is 10.6 Å². The van der Waals surface area contributed by atoms with Gasteiger partial charge in [-0.3, -0.25) is 4.79 Å². The first kappa shape index (κ1) is 19.1. The fourth-order valence-electron chi connectivity index (χ4n) is 1.96. The van der Waals surface area contributed by atoms with Crippen LogP contribution < -0.4 is 5.32 Å². The highest BCUT2D eigenvalue weighted by atomic mass is 32.1. The van der Waals surface area contributed by atoms with Crippen molar-refractivity contribution in [3.8, 4) is 10.6 Å². The number of amides is 1. The van der Waals surface area contributed by atoms with E-state index in [0.29, 0.717) is 21.5 Å². The number of hydrogen-bond donors (Lipinski definition) is 1. The summed E-state index contributed by atoms with van der Waals surface area (Å²) in [5.41, 5.74) is 1.24. The van der Waals surface area contributed by atoms with Crippen LogP contribution in [-0.4, -0.2) is 29.5 Å². The summed E-state index contributed by atoms with van der Waals surface area (Å²) < 4.78 is 18.1. The van der Waals surface area contributed by atoms with E-state index in [4.69, 9.17) is 4.74 Å². The third-order valence-corrected chi connectivity index (χ3v) is 4.98. The van der Waals surface area contributed by atoms with Crippen LogP contribution in [0.15, 0.2) is 24.3 Å². The predicted octanol–water partition coefficient (Wildman–Crippen LogP) is 3.58. The van der Waals surface area contributed by atoms with Crippen LogP contribution in [0.2, 0.25) is 0 Å². The van der Waals surface area contributed by atoms with Crippen molar-refractivity contribution in [2.45, 2.75) is 33.7 Å². The second-order valence-electron chi connectivity index (χ2n) is 6.12. The van der Waals surface area contributed by atoms with Crippen molar-refractivity contribution in [3.63, 3.8) is 0 Å². The molecule has 0 aliphatic carbocycles. The number of nitrogens with zero attached hydrogens (tertiary/aromatic N) is 1. The second-order valence-corrected chi connectivity index (χ2v) is 7.12. The largest absolute Gasteiger partial charge is 0.451 e. The molecule has 1 aromatic heterocycles. The Morgan fingerprint density at radius 1 is 1.24 bits per heavy atom. The van der Waals surface area contributed by atoms with E-state index < -0.39 is 5.97 Å². The molecule has 7 heteroatoms. The Labute approximate surface area is 150 Å². The molecule has 1 aromatic carbocycles. The first-order valence-electron chi connectivity index (χ1n) is 7.97. The minimum atomic E-state index is -0.587. The van der Waals surface area contributed by atoms with Crippen molar-refractivity contribution in [1.29, 1.82) is 0 Å². The molecule has 134 valence electrons. The van der Waals surface area contributed by atoms with Gasteiger partial charge in [0.15, 0.2) is 6.61 Å². The predicted molar refractivity (Wildman–Crippen MR) is 95.0 cm³/mol. The molecule has 1 atom stereocenters. The zero-order chi connectivity index (χ0) is 18.6. The van der Waals surface area contributed by atoms with Gasteiger partial charge in [-0.15, -0.1) is 11.3 Å². The Hall–Kier alpha value is -2.28.